The Hall–Kier alpha value is -1.35. The predicted molar refractivity (Wildman–Crippen MR) is 96.8 cm³/mol. The molecule has 2 aliphatic heterocycles. The molecule has 0 N–H and O–H groups in total. The molecule has 3 nitrogen and oxygen atoms in total. The Balaban J connectivity index is 1.26. The average molecular weight is 326 g/mol. The maximum Gasteiger partial charge on any atom is 0.225 e. The lowest BCUT2D eigenvalue weighted by atomic mass is 9.89. The van der Waals surface area contributed by atoms with Gasteiger partial charge in [0.2, 0.25) is 5.91 Å². The van der Waals surface area contributed by atoms with E-state index in [0.29, 0.717) is 17.9 Å². The van der Waals surface area contributed by atoms with Gasteiger partial charge in [-0.25, -0.2) is 0 Å². The van der Waals surface area contributed by atoms with Gasteiger partial charge in [0.15, 0.2) is 0 Å². The van der Waals surface area contributed by atoms with Gasteiger partial charge in [-0.1, -0.05) is 30.3 Å². The van der Waals surface area contributed by atoms with Crippen LogP contribution in [0.4, 0.5) is 0 Å². The monoisotopic (exact) mass is 326 g/mol. The van der Waals surface area contributed by atoms with Crippen LogP contribution in [-0.4, -0.2) is 47.9 Å². The standard InChI is InChI=1S/C21H30N2O/c24-21(19-8-9-19)23-12-4-7-20(16-23)22-13-10-18(11-14-22)15-17-5-2-1-3-6-17/h1-3,5-6,18-20H,4,7-16H2. The largest absolute Gasteiger partial charge is 0.341 e. The quantitative estimate of drug-likeness (QED) is 0.847. The topological polar surface area (TPSA) is 23.6 Å². The Labute approximate surface area is 146 Å². The highest BCUT2D eigenvalue weighted by Gasteiger charge is 2.36. The Morgan fingerprint density at radius 3 is 2.42 bits per heavy atom. The van der Waals surface area contributed by atoms with Crippen LogP contribution in [0.3, 0.4) is 0 Å². The highest BCUT2D eigenvalue weighted by atomic mass is 16.2. The van der Waals surface area contributed by atoms with Gasteiger partial charge >= 0.3 is 0 Å². The number of benzene rings is 1. The molecule has 0 bridgehead atoms. The van der Waals surface area contributed by atoms with Crippen molar-refractivity contribution in [3.05, 3.63) is 35.9 Å². The molecule has 1 aromatic rings. The van der Waals surface area contributed by atoms with Crippen LogP contribution in [-0.2, 0) is 11.2 Å². The molecule has 0 aromatic heterocycles. The van der Waals surface area contributed by atoms with Crippen LogP contribution >= 0.6 is 0 Å². The lowest BCUT2D eigenvalue weighted by Gasteiger charge is -2.42. The van der Waals surface area contributed by atoms with Crippen LogP contribution in [0, 0.1) is 11.8 Å². The lowest BCUT2D eigenvalue weighted by molar-refractivity contribution is -0.134. The number of carbonyl (C=O) groups is 1. The molecule has 1 aromatic carbocycles. The van der Waals surface area contributed by atoms with E-state index in [1.807, 2.05) is 0 Å². The molecule has 3 fully saturated rings. The number of amides is 1. The molecule has 3 heteroatoms. The zero-order chi connectivity index (χ0) is 16.4. The third kappa shape index (κ3) is 3.83. The van der Waals surface area contributed by atoms with E-state index < -0.39 is 0 Å². The molecular formula is C21H30N2O. The smallest absolute Gasteiger partial charge is 0.225 e. The molecule has 2 heterocycles. The maximum atomic E-state index is 12.4. The molecule has 0 spiro atoms. The summed E-state index contributed by atoms with van der Waals surface area (Å²) in [7, 11) is 0. The summed E-state index contributed by atoms with van der Waals surface area (Å²) in [6.45, 7) is 4.41. The molecule has 3 aliphatic rings. The summed E-state index contributed by atoms with van der Waals surface area (Å²) in [5, 5.41) is 0. The number of rotatable bonds is 4. The van der Waals surface area contributed by atoms with Crippen LogP contribution in [0.1, 0.15) is 44.1 Å². The van der Waals surface area contributed by atoms with Crippen molar-refractivity contribution in [3.8, 4) is 0 Å². The van der Waals surface area contributed by atoms with Crippen molar-refractivity contribution in [2.75, 3.05) is 26.2 Å². The molecule has 1 saturated carbocycles. The average Bonchev–Trinajstić information content (AvgIpc) is 3.48. The van der Waals surface area contributed by atoms with Crippen molar-refractivity contribution < 1.29 is 4.79 Å². The van der Waals surface area contributed by atoms with E-state index in [-0.39, 0.29) is 0 Å². The van der Waals surface area contributed by atoms with E-state index in [0.717, 1.165) is 31.8 Å². The van der Waals surface area contributed by atoms with Crippen molar-refractivity contribution in [1.29, 1.82) is 0 Å². The molecule has 4 rings (SSSR count). The molecule has 2 saturated heterocycles. The minimum atomic E-state index is 0.375. The van der Waals surface area contributed by atoms with Gasteiger partial charge in [-0.15, -0.1) is 0 Å². The second kappa shape index (κ2) is 7.26. The van der Waals surface area contributed by atoms with Crippen LogP contribution in [0.2, 0.25) is 0 Å². The van der Waals surface area contributed by atoms with Gasteiger partial charge in [0.25, 0.3) is 0 Å². The van der Waals surface area contributed by atoms with Crippen LogP contribution in [0.5, 0.6) is 0 Å². The zero-order valence-electron chi connectivity index (χ0n) is 14.7. The summed E-state index contributed by atoms with van der Waals surface area (Å²) in [5.74, 6) is 1.65. The third-order valence-electron chi connectivity index (χ3n) is 6.17. The van der Waals surface area contributed by atoms with Gasteiger partial charge in [0, 0.05) is 25.0 Å². The van der Waals surface area contributed by atoms with Gasteiger partial charge in [0.05, 0.1) is 0 Å². The van der Waals surface area contributed by atoms with Gasteiger partial charge in [-0.3, -0.25) is 9.69 Å². The van der Waals surface area contributed by atoms with Crippen molar-refractivity contribution in [3.63, 3.8) is 0 Å². The highest BCUT2D eigenvalue weighted by molar-refractivity contribution is 5.81. The molecule has 1 unspecified atom stereocenters. The maximum absolute atomic E-state index is 12.4. The summed E-state index contributed by atoms with van der Waals surface area (Å²) in [4.78, 5) is 17.2. The van der Waals surface area contributed by atoms with E-state index in [9.17, 15) is 4.79 Å². The fourth-order valence-electron chi connectivity index (χ4n) is 4.51. The van der Waals surface area contributed by atoms with Gasteiger partial charge < -0.3 is 4.90 Å². The molecule has 24 heavy (non-hydrogen) atoms. The molecule has 1 amide bonds. The van der Waals surface area contributed by atoms with E-state index in [2.05, 4.69) is 40.1 Å². The number of hydrogen-bond donors (Lipinski definition) is 0. The Kier molecular flexibility index (Phi) is 4.88. The number of piperidine rings is 2. The van der Waals surface area contributed by atoms with E-state index in [4.69, 9.17) is 0 Å². The first-order valence-corrected chi connectivity index (χ1v) is 9.86. The molecule has 130 valence electrons. The fraction of sp³-hybridized carbons (Fsp3) is 0.667. The first kappa shape index (κ1) is 16.1. The summed E-state index contributed by atoms with van der Waals surface area (Å²) in [5.41, 5.74) is 1.48. The number of carbonyl (C=O) groups excluding carboxylic acids is 1. The SMILES string of the molecule is O=C(C1CC1)N1CCCC(N2CCC(Cc3ccccc3)CC2)C1. The fourth-order valence-corrected chi connectivity index (χ4v) is 4.51. The first-order valence-electron chi connectivity index (χ1n) is 9.86. The van der Waals surface area contributed by atoms with Crippen molar-refractivity contribution in [2.24, 2.45) is 11.8 Å². The molecule has 1 aliphatic carbocycles. The summed E-state index contributed by atoms with van der Waals surface area (Å²) >= 11 is 0. The van der Waals surface area contributed by atoms with Crippen molar-refractivity contribution in [2.45, 2.75) is 51.0 Å². The summed E-state index contributed by atoms with van der Waals surface area (Å²) < 4.78 is 0. The van der Waals surface area contributed by atoms with Gasteiger partial charge in [-0.2, -0.15) is 0 Å². The minimum Gasteiger partial charge on any atom is -0.341 e. The second-order valence-electron chi connectivity index (χ2n) is 8.02. The zero-order valence-corrected chi connectivity index (χ0v) is 14.7. The van der Waals surface area contributed by atoms with Crippen molar-refractivity contribution in [1.82, 2.24) is 9.80 Å². The van der Waals surface area contributed by atoms with Crippen LogP contribution in [0.15, 0.2) is 30.3 Å². The first-order chi connectivity index (χ1) is 11.8. The predicted octanol–water partition coefficient (Wildman–Crippen LogP) is 3.34. The highest BCUT2D eigenvalue weighted by Crippen LogP contribution is 2.33. The number of nitrogens with zero attached hydrogens (tertiary/aromatic N) is 2. The lowest BCUT2D eigenvalue weighted by Crippen LogP contribution is -2.52. The number of likely N-dealkylation sites (tertiary alicyclic amines) is 2. The van der Waals surface area contributed by atoms with E-state index in [1.165, 1.54) is 50.8 Å². The molecular weight excluding hydrogens is 296 g/mol. The van der Waals surface area contributed by atoms with Crippen molar-refractivity contribution >= 4 is 5.91 Å². The Bertz CT molecular complexity index is 546. The molecule has 0 radical (unpaired) electrons. The normalized spacial score (nSPS) is 26.5. The second-order valence-corrected chi connectivity index (χ2v) is 8.02. The Morgan fingerprint density at radius 2 is 1.71 bits per heavy atom. The van der Waals surface area contributed by atoms with Crippen LogP contribution in [0.25, 0.3) is 0 Å². The van der Waals surface area contributed by atoms with Gasteiger partial charge in [0.1, 0.15) is 0 Å². The number of hydrogen-bond acceptors (Lipinski definition) is 2. The molecule has 1 atom stereocenters. The van der Waals surface area contributed by atoms with Crippen LogP contribution < -0.4 is 0 Å². The van der Waals surface area contributed by atoms with E-state index in [1.54, 1.807) is 0 Å². The minimum absolute atomic E-state index is 0.375. The third-order valence-corrected chi connectivity index (χ3v) is 6.17. The summed E-state index contributed by atoms with van der Waals surface area (Å²) in [6, 6.07) is 11.5. The van der Waals surface area contributed by atoms with Gasteiger partial charge in [-0.05, 0) is 69.5 Å². The Morgan fingerprint density at radius 1 is 0.958 bits per heavy atom. The summed E-state index contributed by atoms with van der Waals surface area (Å²) in [6.07, 6.45) is 8.57. The van der Waals surface area contributed by atoms with E-state index >= 15 is 0 Å².